The number of carbonyl (C=O) groups is 2. The van der Waals surface area contributed by atoms with E-state index in [2.05, 4.69) is 5.32 Å². The highest BCUT2D eigenvalue weighted by Gasteiger charge is 2.11. The first-order valence-corrected chi connectivity index (χ1v) is 7.22. The third-order valence-electron chi connectivity index (χ3n) is 3.42. The number of rotatable bonds is 3. The zero-order valence-corrected chi connectivity index (χ0v) is 12.6. The maximum Gasteiger partial charge on any atom is 0.308 e. The number of carbonyl (C=O) groups excluding carboxylic acids is 2. The highest BCUT2D eigenvalue weighted by Crippen LogP contribution is 2.32. The van der Waals surface area contributed by atoms with Gasteiger partial charge in [0.25, 0.3) is 5.91 Å². The molecule has 0 atom stereocenters. The zero-order chi connectivity index (χ0) is 16.2. The summed E-state index contributed by atoms with van der Waals surface area (Å²) in [6.45, 7) is 1.36. The number of ether oxygens (including phenoxy) is 1. The van der Waals surface area contributed by atoms with E-state index in [0.29, 0.717) is 17.0 Å². The fraction of sp³-hybridized carbons (Fsp3) is 0.0526. The lowest BCUT2D eigenvalue weighted by atomic mass is 10.1. The first-order valence-electron chi connectivity index (χ1n) is 7.22. The fourth-order valence-electron chi connectivity index (χ4n) is 2.41. The van der Waals surface area contributed by atoms with E-state index in [1.807, 2.05) is 42.5 Å². The van der Waals surface area contributed by atoms with Gasteiger partial charge < -0.3 is 10.1 Å². The van der Waals surface area contributed by atoms with Crippen LogP contribution in [0.5, 0.6) is 5.75 Å². The fourth-order valence-corrected chi connectivity index (χ4v) is 2.41. The van der Waals surface area contributed by atoms with Gasteiger partial charge in [0.05, 0.1) is 0 Å². The van der Waals surface area contributed by atoms with Crippen LogP contribution >= 0.6 is 0 Å². The Hall–Kier alpha value is -3.14. The first kappa shape index (κ1) is 14.8. The van der Waals surface area contributed by atoms with Crippen LogP contribution in [0.1, 0.15) is 17.3 Å². The molecule has 0 fully saturated rings. The molecule has 0 saturated heterocycles. The number of nitrogens with one attached hydrogen (secondary N) is 1. The van der Waals surface area contributed by atoms with Crippen LogP contribution in [0.25, 0.3) is 10.8 Å². The van der Waals surface area contributed by atoms with E-state index in [1.165, 1.54) is 6.92 Å². The predicted octanol–water partition coefficient (Wildman–Crippen LogP) is 4.02. The van der Waals surface area contributed by atoms with E-state index in [4.69, 9.17) is 4.74 Å². The minimum Gasteiger partial charge on any atom is -0.426 e. The van der Waals surface area contributed by atoms with Crippen LogP contribution < -0.4 is 10.1 Å². The summed E-state index contributed by atoms with van der Waals surface area (Å²) in [4.78, 5) is 23.5. The third kappa shape index (κ3) is 3.21. The molecule has 4 nitrogen and oxygen atoms in total. The molecule has 0 unspecified atom stereocenters. The van der Waals surface area contributed by atoms with E-state index in [0.717, 1.165) is 10.8 Å². The van der Waals surface area contributed by atoms with Gasteiger partial charge in [-0.3, -0.25) is 9.59 Å². The molecule has 1 amide bonds. The zero-order valence-electron chi connectivity index (χ0n) is 12.6. The molecule has 0 spiro atoms. The Kier molecular flexibility index (Phi) is 4.06. The summed E-state index contributed by atoms with van der Waals surface area (Å²) in [7, 11) is 0. The second-order valence-corrected chi connectivity index (χ2v) is 5.07. The molecule has 0 aromatic heterocycles. The van der Waals surface area contributed by atoms with Crippen molar-refractivity contribution in [2.24, 2.45) is 0 Å². The molecule has 3 aromatic rings. The maximum absolute atomic E-state index is 12.3. The summed E-state index contributed by atoms with van der Waals surface area (Å²) in [5, 5.41) is 4.49. The number of hydrogen-bond acceptors (Lipinski definition) is 3. The van der Waals surface area contributed by atoms with Crippen LogP contribution in [0.15, 0.2) is 66.7 Å². The lowest BCUT2D eigenvalue weighted by molar-refractivity contribution is -0.131. The summed E-state index contributed by atoms with van der Waals surface area (Å²) in [5.74, 6) is -0.0852. The number of esters is 1. The maximum atomic E-state index is 12.3. The van der Waals surface area contributed by atoms with Gasteiger partial charge in [-0.2, -0.15) is 0 Å². The Morgan fingerprint density at radius 2 is 1.48 bits per heavy atom. The summed E-state index contributed by atoms with van der Waals surface area (Å²) >= 11 is 0. The monoisotopic (exact) mass is 305 g/mol. The van der Waals surface area contributed by atoms with Gasteiger partial charge in [-0.05, 0) is 24.3 Å². The van der Waals surface area contributed by atoms with Crippen LogP contribution in [0.3, 0.4) is 0 Å². The quantitative estimate of drug-likeness (QED) is 0.587. The Morgan fingerprint density at radius 3 is 2.17 bits per heavy atom. The first-order chi connectivity index (χ1) is 11.1. The van der Waals surface area contributed by atoms with Gasteiger partial charge in [0.1, 0.15) is 5.75 Å². The van der Waals surface area contributed by atoms with E-state index in [-0.39, 0.29) is 11.9 Å². The van der Waals surface area contributed by atoms with Crippen LogP contribution in [0.2, 0.25) is 0 Å². The SMILES string of the molecule is CC(=O)Oc1ccc(NC(=O)c2ccccc2)c2ccccc12. The summed E-state index contributed by atoms with van der Waals surface area (Å²) in [6.07, 6.45) is 0. The van der Waals surface area contributed by atoms with Crippen molar-refractivity contribution in [2.75, 3.05) is 5.32 Å². The van der Waals surface area contributed by atoms with Gasteiger partial charge in [0.2, 0.25) is 0 Å². The molecule has 0 bridgehead atoms. The molecule has 3 rings (SSSR count). The van der Waals surface area contributed by atoms with E-state index in [1.54, 1.807) is 24.3 Å². The Morgan fingerprint density at radius 1 is 0.826 bits per heavy atom. The molecular weight excluding hydrogens is 290 g/mol. The van der Waals surface area contributed by atoms with Crippen LogP contribution in [-0.4, -0.2) is 11.9 Å². The lowest BCUT2D eigenvalue weighted by Gasteiger charge is -2.12. The van der Waals surface area contributed by atoms with E-state index in [9.17, 15) is 9.59 Å². The Balaban J connectivity index is 1.99. The van der Waals surface area contributed by atoms with Crippen LogP contribution in [0.4, 0.5) is 5.69 Å². The molecule has 23 heavy (non-hydrogen) atoms. The van der Waals surface area contributed by atoms with Crippen molar-refractivity contribution in [3.8, 4) is 5.75 Å². The van der Waals surface area contributed by atoms with Crippen molar-refractivity contribution in [3.05, 3.63) is 72.3 Å². The predicted molar refractivity (Wildman–Crippen MR) is 89.7 cm³/mol. The Bertz CT molecular complexity index is 872. The lowest BCUT2D eigenvalue weighted by Crippen LogP contribution is -2.12. The topological polar surface area (TPSA) is 55.4 Å². The minimum atomic E-state index is -0.378. The highest BCUT2D eigenvalue weighted by molar-refractivity contribution is 6.10. The van der Waals surface area contributed by atoms with Gasteiger partial charge in [0.15, 0.2) is 0 Å². The molecule has 0 heterocycles. The van der Waals surface area contributed by atoms with E-state index >= 15 is 0 Å². The summed E-state index contributed by atoms with van der Waals surface area (Å²) in [5.41, 5.74) is 1.26. The van der Waals surface area contributed by atoms with Gasteiger partial charge in [-0.1, -0.05) is 42.5 Å². The van der Waals surface area contributed by atoms with Gasteiger partial charge in [-0.25, -0.2) is 0 Å². The second kappa shape index (κ2) is 6.32. The van der Waals surface area contributed by atoms with Crippen molar-refractivity contribution in [1.29, 1.82) is 0 Å². The second-order valence-electron chi connectivity index (χ2n) is 5.07. The van der Waals surface area contributed by atoms with Crippen molar-refractivity contribution in [1.82, 2.24) is 0 Å². The number of anilines is 1. The molecular formula is C19H15NO3. The van der Waals surface area contributed by atoms with Crippen molar-refractivity contribution >= 4 is 28.3 Å². The van der Waals surface area contributed by atoms with Crippen LogP contribution in [-0.2, 0) is 4.79 Å². The number of hydrogen-bond donors (Lipinski definition) is 1. The number of benzene rings is 3. The van der Waals surface area contributed by atoms with Crippen molar-refractivity contribution in [2.45, 2.75) is 6.92 Å². The summed E-state index contributed by atoms with van der Waals surface area (Å²) < 4.78 is 5.22. The van der Waals surface area contributed by atoms with Gasteiger partial charge in [-0.15, -0.1) is 0 Å². The number of fused-ring (bicyclic) bond motifs is 1. The molecule has 0 aliphatic heterocycles. The standard InChI is InChI=1S/C19H15NO3/c1-13(21)23-18-12-11-17(15-9-5-6-10-16(15)18)20-19(22)14-7-3-2-4-8-14/h2-12H,1H3,(H,20,22). The number of amides is 1. The van der Waals surface area contributed by atoms with Crippen molar-refractivity contribution in [3.63, 3.8) is 0 Å². The van der Waals surface area contributed by atoms with Crippen LogP contribution in [0, 0.1) is 0 Å². The molecule has 4 heteroatoms. The molecule has 0 aliphatic carbocycles. The molecule has 114 valence electrons. The van der Waals surface area contributed by atoms with E-state index < -0.39 is 0 Å². The van der Waals surface area contributed by atoms with Gasteiger partial charge >= 0.3 is 5.97 Å². The Labute approximate surface area is 133 Å². The molecule has 0 aliphatic rings. The summed E-state index contributed by atoms with van der Waals surface area (Å²) in [6, 6.07) is 19.9. The average molecular weight is 305 g/mol. The smallest absolute Gasteiger partial charge is 0.308 e. The minimum absolute atomic E-state index is 0.184. The highest BCUT2D eigenvalue weighted by atomic mass is 16.5. The normalized spacial score (nSPS) is 10.3. The molecule has 0 radical (unpaired) electrons. The third-order valence-corrected chi connectivity index (χ3v) is 3.42. The molecule has 1 N–H and O–H groups in total. The largest absolute Gasteiger partial charge is 0.426 e. The average Bonchev–Trinajstić information content (AvgIpc) is 2.57. The molecule has 0 saturated carbocycles. The van der Waals surface area contributed by atoms with Crippen molar-refractivity contribution < 1.29 is 14.3 Å². The van der Waals surface area contributed by atoms with Gasteiger partial charge in [0, 0.05) is 28.9 Å². The molecule has 3 aromatic carbocycles.